The average Bonchev–Trinajstić information content (AvgIpc) is 3.34. The molecule has 1 unspecified atom stereocenters. The van der Waals surface area contributed by atoms with Crippen LogP contribution in [0.4, 0.5) is 13.2 Å². The van der Waals surface area contributed by atoms with Crippen LogP contribution in [0, 0.1) is 6.92 Å². The fourth-order valence-electron chi connectivity index (χ4n) is 4.39. The summed E-state index contributed by atoms with van der Waals surface area (Å²) in [6.45, 7) is 4.23. The lowest BCUT2D eigenvalue weighted by Gasteiger charge is -2.32. The van der Waals surface area contributed by atoms with E-state index in [0.29, 0.717) is 30.5 Å². The van der Waals surface area contributed by atoms with E-state index in [0.717, 1.165) is 5.56 Å². The summed E-state index contributed by atoms with van der Waals surface area (Å²) in [7, 11) is 0. The third-order valence-corrected chi connectivity index (χ3v) is 6.30. The molecule has 1 atom stereocenters. The predicted molar refractivity (Wildman–Crippen MR) is 136 cm³/mol. The fourth-order valence-corrected chi connectivity index (χ4v) is 4.39. The van der Waals surface area contributed by atoms with Crippen molar-refractivity contribution in [3.05, 3.63) is 93.2 Å². The van der Waals surface area contributed by atoms with E-state index < -0.39 is 34.6 Å². The van der Waals surface area contributed by atoms with Crippen LogP contribution in [-0.4, -0.2) is 38.6 Å². The maximum atomic E-state index is 13.7. The number of hydrogen-bond donors (Lipinski definition) is 1. The van der Waals surface area contributed by atoms with Gasteiger partial charge in [0.2, 0.25) is 5.69 Å². The van der Waals surface area contributed by atoms with Gasteiger partial charge in [0.25, 0.3) is 17.2 Å². The van der Waals surface area contributed by atoms with Crippen LogP contribution in [-0.2, 0) is 12.7 Å². The number of amides is 1. The van der Waals surface area contributed by atoms with Crippen LogP contribution < -0.4 is 11.3 Å². The zero-order valence-corrected chi connectivity index (χ0v) is 21.0. The smallest absolute Gasteiger partial charge is 0.335 e. The Morgan fingerprint density at radius 1 is 1.13 bits per heavy atom. The number of aryl methyl sites for hydroxylation is 1. The van der Waals surface area contributed by atoms with Gasteiger partial charge in [-0.3, -0.25) is 14.2 Å². The van der Waals surface area contributed by atoms with Crippen LogP contribution in [0.15, 0.2) is 63.9 Å². The average molecular weight is 528 g/mol. The lowest BCUT2D eigenvalue weighted by Crippen LogP contribution is -2.40. The van der Waals surface area contributed by atoms with Gasteiger partial charge in [-0.25, -0.2) is 0 Å². The van der Waals surface area contributed by atoms with Crippen molar-refractivity contribution in [2.24, 2.45) is 5.73 Å². The van der Waals surface area contributed by atoms with E-state index in [1.54, 1.807) is 47.4 Å². The first kappa shape index (κ1) is 27.1. The third-order valence-electron chi connectivity index (χ3n) is 6.30. The molecule has 200 valence electrons. The number of nitrogens with zero attached hydrogens (tertiary/aromatic N) is 4. The second-order valence-electron chi connectivity index (χ2n) is 8.99. The van der Waals surface area contributed by atoms with Crippen LogP contribution in [0.2, 0.25) is 0 Å². The molecule has 2 aromatic carbocycles. The number of carbonyl (C=O) groups is 1. The molecule has 8 nitrogen and oxygen atoms in total. The number of halogens is 3. The zero-order chi connectivity index (χ0) is 27.4. The van der Waals surface area contributed by atoms with Gasteiger partial charge in [-0.1, -0.05) is 60.1 Å². The first-order chi connectivity index (χ1) is 18.2. The van der Waals surface area contributed by atoms with E-state index in [-0.39, 0.29) is 24.8 Å². The maximum Gasteiger partial charge on any atom is 0.437 e. The molecule has 0 aliphatic heterocycles. The molecule has 0 spiro atoms. The molecule has 4 aromatic rings. The predicted octanol–water partition coefficient (Wildman–Crippen LogP) is 4.70. The Bertz CT molecular complexity index is 1460. The van der Waals surface area contributed by atoms with Crippen LogP contribution in [0.5, 0.6) is 0 Å². The van der Waals surface area contributed by atoms with Gasteiger partial charge in [0.15, 0.2) is 0 Å². The van der Waals surface area contributed by atoms with Gasteiger partial charge >= 0.3 is 6.18 Å². The zero-order valence-electron chi connectivity index (χ0n) is 21.0. The summed E-state index contributed by atoms with van der Waals surface area (Å²) in [6, 6.07) is 15.1. The Kier molecular flexibility index (Phi) is 7.96. The quantitative estimate of drug-likeness (QED) is 0.338. The van der Waals surface area contributed by atoms with E-state index >= 15 is 0 Å². The Hall–Kier alpha value is -3.99. The summed E-state index contributed by atoms with van der Waals surface area (Å²) in [4.78, 5) is 33.2. The molecule has 11 heteroatoms. The highest BCUT2D eigenvalue weighted by Gasteiger charge is 2.40. The largest absolute Gasteiger partial charge is 0.437 e. The minimum atomic E-state index is -4.91. The standard InChI is InChI=1S/C27H28F3N5O3/c1-3-20(34(15-7-14-31)25(36)19-12-10-17(2)11-13-19)23-32-24-21(22(33-38-24)27(28,29)30)26(37)35(23)16-18-8-5-4-6-9-18/h4-6,8-13,20H,3,7,14-16,31H2,1-2H3. The number of fused-ring (bicyclic) bond motifs is 1. The molecule has 0 saturated heterocycles. The minimum absolute atomic E-state index is 0.0552. The van der Waals surface area contributed by atoms with Gasteiger partial charge < -0.3 is 15.2 Å². The number of hydrogen-bond acceptors (Lipinski definition) is 6. The Balaban J connectivity index is 1.92. The summed E-state index contributed by atoms with van der Waals surface area (Å²) >= 11 is 0. The molecule has 4 rings (SSSR count). The molecule has 2 N–H and O–H groups in total. The Morgan fingerprint density at radius 3 is 2.42 bits per heavy atom. The molecule has 0 aliphatic rings. The number of aromatic nitrogens is 3. The summed E-state index contributed by atoms with van der Waals surface area (Å²) in [5.74, 6) is -0.198. The first-order valence-corrected chi connectivity index (χ1v) is 12.2. The highest BCUT2D eigenvalue weighted by Crippen LogP contribution is 2.33. The maximum absolute atomic E-state index is 13.7. The lowest BCUT2D eigenvalue weighted by atomic mass is 10.1. The van der Waals surface area contributed by atoms with Crippen molar-refractivity contribution in [3.8, 4) is 0 Å². The van der Waals surface area contributed by atoms with Gasteiger partial charge in [-0.2, -0.15) is 18.2 Å². The van der Waals surface area contributed by atoms with E-state index in [1.165, 1.54) is 4.57 Å². The molecule has 0 aliphatic carbocycles. The van der Waals surface area contributed by atoms with Crippen molar-refractivity contribution in [1.29, 1.82) is 0 Å². The van der Waals surface area contributed by atoms with Crippen LogP contribution >= 0.6 is 0 Å². The molecular formula is C27H28F3N5O3. The van der Waals surface area contributed by atoms with Crippen molar-refractivity contribution >= 4 is 17.0 Å². The van der Waals surface area contributed by atoms with Gasteiger partial charge in [0.1, 0.15) is 11.2 Å². The number of nitrogens with two attached hydrogens (primary N) is 1. The molecule has 38 heavy (non-hydrogen) atoms. The van der Waals surface area contributed by atoms with E-state index in [1.807, 2.05) is 26.0 Å². The third kappa shape index (κ3) is 5.47. The number of carbonyl (C=O) groups excluding carboxylic acids is 1. The molecule has 0 fully saturated rings. The number of benzene rings is 2. The summed E-state index contributed by atoms with van der Waals surface area (Å²) < 4.78 is 47.0. The van der Waals surface area contributed by atoms with Crippen molar-refractivity contribution in [1.82, 2.24) is 19.6 Å². The first-order valence-electron chi connectivity index (χ1n) is 12.2. The molecule has 2 aromatic heterocycles. The van der Waals surface area contributed by atoms with E-state index in [9.17, 15) is 22.8 Å². The van der Waals surface area contributed by atoms with Gasteiger partial charge in [-0.05, 0) is 44.0 Å². The van der Waals surface area contributed by atoms with E-state index in [4.69, 9.17) is 10.3 Å². The van der Waals surface area contributed by atoms with Crippen molar-refractivity contribution in [2.75, 3.05) is 13.1 Å². The normalized spacial score (nSPS) is 12.6. The highest BCUT2D eigenvalue weighted by molar-refractivity contribution is 5.94. The van der Waals surface area contributed by atoms with Crippen molar-refractivity contribution in [2.45, 2.75) is 45.5 Å². The Morgan fingerprint density at radius 2 is 1.82 bits per heavy atom. The van der Waals surface area contributed by atoms with Crippen LogP contribution in [0.3, 0.4) is 0 Å². The monoisotopic (exact) mass is 527 g/mol. The SMILES string of the molecule is CCC(c1nc2onc(C(F)(F)F)c2c(=O)n1Cc1ccccc1)N(CCCN)C(=O)c1ccc(C)cc1. The number of rotatable bonds is 9. The minimum Gasteiger partial charge on any atom is -0.335 e. The molecule has 0 radical (unpaired) electrons. The molecule has 2 heterocycles. The Labute approximate surface area is 216 Å². The highest BCUT2D eigenvalue weighted by atomic mass is 19.4. The van der Waals surface area contributed by atoms with Crippen molar-refractivity contribution < 1.29 is 22.5 Å². The van der Waals surface area contributed by atoms with Gasteiger partial charge in [0.05, 0.1) is 12.6 Å². The molecule has 1 amide bonds. The van der Waals surface area contributed by atoms with E-state index in [2.05, 4.69) is 10.1 Å². The van der Waals surface area contributed by atoms with Crippen molar-refractivity contribution in [3.63, 3.8) is 0 Å². The molecule has 0 saturated carbocycles. The number of alkyl halides is 3. The fraction of sp³-hybridized carbons (Fsp3) is 0.333. The van der Waals surface area contributed by atoms with Crippen LogP contribution in [0.25, 0.3) is 11.1 Å². The molecule has 0 bridgehead atoms. The lowest BCUT2D eigenvalue weighted by molar-refractivity contribution is -0.141. The topological polar surface area (TPSA) is 107 Å². The summed E-state index contributed by atoms with van der Waals surface area (Å²) in [5.41, 5.74) is 4.95. The second-order valence-corrected chi connectivity index (χ2v) is 8.99. The summed E-state index contributed by atoms with van der Waals surface area (Å²) in [5, 5.41) is 2.37. The van der Waals surface area contributed by atoms with Gasteiger partial charge in [0, 0.05) is 12.1 Å². The van der Waals surface area contributed by atoms with Crippen LogP contribution in [0.1, 0.15) is 58.8 Å². The molecular weight excluding hydrogens is 499 g/mol. The summed E-state index contributed by atoms with van der Waals surface area (Å²) in [6.07, 6.45) is -4.11. The van der Waals surface area contributed by atoms with Gasteiger partial charge in [-0.15, -0.1) is 0 Å². The second kappa shape index (κ2) is 11.2.